The highest BCUT2D eigenvalue weighted by Crippen LogP contribution is 2.27. The molecule has 0 saturated heterocycles. The summed E-state index contributed by atoms with van der Waals surface area (Å²) in [4.78, 5) is 22.6. The van der Waals surface area contributed by atoms with Gasteiger partial charge in [-0.2, -0.15) is 4.98 Å². The van der Waals surface area contributed by atoms with Crippen LogP contribution in [0, 0.1) is 13.8 Å². The molecule has 2 aromatic heterocycles. The molecule has 0 aliphatic heterocycles. The number of thioether (sulfide) groups is 1. The number of nitrogens with zero attached hydrogens (tertiary/aromatic N) is 4. The number of hydrogen-bond acceptors (Lipinski definition) is 6. The Morgan fingerprint density at radius 3 is 2.70 bits per heavy atom. The van der Waals surface area contributed by atoms with Gasteiger partial charge in [-0.15, -0.1) is 0 Å². The van der Waals surface area contributed by atoms with Crippen LogP contribution >= 0.6 is 23.4 Å². The minimum atomic E-state index is -0.138. The van der Waals surface area contributed by atoms with Gasteiger partial charge in [-0.25, -0.2) is 4.98 Å². The lowest BCUT2D eigenvalue weighted by atomic mass is 10.1. The van der Waals surface area contributed by atoms with Gasteiger partial charge in [0.1, 0.15) is 0 Å². The number of halogens is 1. The van der Waals surface area contributed by atoms with E-state index in [1.165, 1.54) is 11.8 Å². The van der Waals surface area contributed by atoms with E-state index >= 15 is 0 Å². The van der Waals surface area contributed by atoms with Crippen LogP contribution in [0.2, 0.25) is 5.02 Å². The van der Waals surface area contributed by atoms with Crippen LogP contribution in [0.3, 0.4) is 0 Å². The van der Waals surface area contributed by atoms with E-state index in [4.69, 9.17) is 21.1 Å². The van der Waals surface area contributed by atoms with Crippen molar-refractivity contribution in [1.82, 2.24) is 19.7 Å². The third kappa shape index (κ3) is 3.87. The first-order chi connectivity index (χ1) is 14.3. The van der Waals surface area contributed by atoms with Crippen molar-refractivity contribution < 1.29 is 4.52 Å². The van der Waals surface area contributed by atoms with E-state index in [1.807, 2.05) is 45.9 Å². The van der Waals surface area contributed by atoms with E-state index in [0.29, 0.717) is 38.5 Å². The molecule has 0 saturated carbocycles. The molecule has 30 heavy (non-hydrogen) atoms. The molecule has 0 radical (unpaired) electrons. The number of rotatable bonds is 5. The molecule has 154 valence electrons. The van der Waals surface area contributed by atoms with Crippen LogP contribution in [0.1, 0.15) is 42.6 Å². The fourth-order valence-electron chi connectivity index (χ4n) is 3.11. The second-order valence-corrected chi connectivity index (χ2v) is 8.78. The van der Waals surface area contributed by atoms with Crippen molar-refractivity contribution >= 4 is 34.3 Å². The number of aromatic nitrogens is 4. The van der Waals surface area contributed by atoms with Crippen LogP contribution in [0.4, 0.5) is 0 Å². The maximum atomic E-state index is 13.4. The van der Waals surface area contributed by atoms with Crippen molar-refractivity contribution in [3.8, 4) is 5.69 Å². The molecular weight excluding hydrogens is 420 g/mol. The van der Waals surface area contributed by atoms with Crippen LogP contribution in [-0.4, -0.2) is 19.7 Å². The summed E-state index contributed by atoms with van der Waals surface area (Å²) in [6, 6.07) is 11.0. The molecule has 0 spiro atoms. The van der Waals surface area contributed by atoms with Crippen molar-refractivity contribution in [3.05, 3.63) is 74.6 Å². The molecule has 0 fully saturated rings. The van der Waals surface area contributed by atoms with Crippen molar-refractivity contribution in [2.24, 2.45) is 0 Å². The smallest absolute Gasteiger partial charge is 0.266 e. The molecule has 4 aromatic rings. The van der Waals surface area contributed by atoms with Crippen LogP contribution < -0.4 is 5.56 Å². The monoisotopic (exact) mass is 440 g/mol. The molecule has 8 heteroatoms. The predicted octanol–water partition coefficient (Wildman–Crippen LogP) is 5.45. The quantitative estimate of drug-likeness (QED) is 0.303. The van der Waals surface area contributed by atoms with Gasteiger partial charge < -0.3 is 4.52 Å². The normalized spacial score (nSPS) is 11.5. The average Bonchev–Trinajstić information content (AvgIpc) is 3.18. The fraction of sp³-hybridized carbons (Fsp3) is 0.273. The maximum absolute atomic E-state index is 13.4. The Kier molecular flexibility index (Phi) is 5.66. The Morgan fingerprint density at radius 1 is 1.17 bits per heavy atom. The Hall–Kier alpha value is -2.64. The first kappa shape index (κ1) is 20.6. The summed E-state index contributed by atoms with van der Waals surface area (Å²) in [5.41, 5.74) is 3.35. The lowest BCUT2D eigenvalue weighted by Gasteiger charge is -2.16. The second kappa shape index (κ2) is 8.24. The molecule has 6 nitrogen and oxygen atoms in total. The van der Waals surface area contributed by atoms with E-state index in [1.54, 1.807) is 22.8 Å². The first-order valence-corrected chi connectivity index (χ1v) is 11.0. The van der Waals surface area contributed by atoms with E-state index in [2.05, 4.69) is 10.1 Å². The van der Waals surface area contributed by atoms with Gasteiger partial charge in [-0.3, -0.25) is 9.36 Å². The molecule has 0 amide bonds. The molecule has 0 aliphatic rings. The summed E-state index contributed by atoms with van der Waals surface area (Å²) < 4.78 is 7.01. The summed E-state index contributed by atoms with van der Waals surface area (Å²) in [5, 5.41) is 5.61. The number of benzene rings is 2. The predicted molar refractivity (Wildman–Crippen MR) is 120 cm³/mol. The molecule has 0 atom stereocenters. The first-order valence-electron chi connectivity index (χ1n) is 9.59. The third-order valence-electron chi connectivity index (χ3n) is 4.94. The highest BCUT2D eigenvalue weighted by Gasteiger charge is 2.17. The summed E-state index contributed by atoms with van der Waals surface area (Å²) in [7, 11) is 0. The van der Waals surface area contributed by atoms with Gasteiger partial charge in [-0.05, 0) is 49.2 Å². The SMILES string of the molecule is Cc1cccc(-n2c(SCc3nc(C(C)C)no3)nc3cc(Cl)ccc3c2=O)c1C. The minimum absolute atomic E-state index is 0.138. The van der Waals surface area contributed by atoms with Gasteiger partial charge in [-0.1, -0.05) is 54.5 Å². The van der Waals surface area contributed by atoms with E-state index < -0.39 is 0 Å². The van der Waals surface area contributed by atoms with Gasteiger partial charge in [0.15, 0.2) is 11.0 Å². The summed E-state index contributed by atoms with van der Waals surface area (Å²) in [5.74, 6) is 1.75. The highest BCUT2D eigenvalue weighted by molar-refractivity contribution is 7.98. The Morgan fingerprint density at radius 2 is 1.97 bits per heavy atom. The van der Waals surface area contributed by atoms with Gasteiger partial charge in [0.2, 0.25) is 5.89 Å². The van der Waals surface area contributed by atoms with Crippen LogP contribution in [0.15, 0.2) is 50.9 Å². The number of hydrogen-bond donors (Lipinski definition) is 0. The highest BCUT2D eigenvalue weighted by atomic mass is 35.5. The maximum Gasteiger partial charge on any atom is 0.266 e. The van der Waals surface area contributed by atoms with Gasteiger partial charge in [0.25, 0.3) is 5.56 Å². The fourth-order valence-corrected chi connectivity index (χ4v) is 4.12. The van der Waals surface area contributed by atoms with Crippen molar-refractivity contribution in [2.75, 3.05) is 0 Å². The van der Waals surface area contributed by atoms with E-state index in [-0.39, 0.29) is 11.5 Å². The standard InChI is InChI=1S/C22H21ClN4O2S/c1-12(2)20-25-19(29-26-20)11-30-22-24-17-10-15(23)8-9-16(17)21(28)27(22)18-7-5-6-13(3)14(18)4/h5-10,12H,11H2,1-4H3. The molecule has 0 unspecified atom stereocenters. The Bertz CT molecular complexity index is 1300. The number of aryl methyl sites for hydroxylation is 1. The third-order valence-corrected chi connectivity index (χ3v) is 6.10. The van der Waals surface area contributed by atoms with E-state index in [9.17, 15) is 4.79 Å². The molecule has 2 aromatic carbocycles. The molecule has 0 bridgehead atoms. The van der Waals surface area contributed by atoms with Gasteiger partial charge >= 0.3 is 0 Å². The van der Waals surface area contributed by atoms with E-state index in [0.717, 1.165) is 16.8 Å². The second-order valence-electron chi connectivity index (χ2n) is 7.41. The zero-order valence-electron chi connectivity index (χ0n) is 17.1. The zero-order valence-corrected chi connectivity index (χ0v) is 18.7. The van der Waals surface area contributed by atoms with Gasteiger partial charge in [0.05, 0.1) is 22.3 Å². The minimum Gasteiger partial charge on any atom is -0.338 e. The summed E-state index contributed by atoms with van der Waals surface area (Å²) >= 11 is 7.52. The van der Waals surface area contributed by atoms with Crippen molar-refractivity contribution in [3.63, 3.8) is 0 Å². The van der Waals surface area contributed by atoms with Crippen molar-refractivity contribution in [2.45, 2.75) is 44.5 Å². The largest absolute Gasteiger partial charge is 0.338 e. The van der Waals surface area contributed by atoms with Crippen molar-refractivity contribution in [1.29, 1.82) is 0 Å². The van der Waals surface area contributed by atoms with Crippen LogP contribution in [0.25, 0.3) is 16.6 Å². The molecule has 2 heterocycles. The number of fused-ring (bicyclic) bond motifs is 1. The average molecular weight is 441 g/mol. The van der Waals surface area contributed by atoms with Gasteiger partial charge in [0, 0.05) is 10.9 Å². The lowest BCUT2D eigenvalue weighted by molar-refractivity contribution is 0.382. The molecule has 4 rings (SSSR count). The molecular formula is C22H21ClN4O2S. The zero-order chi connectivity index (χ0) is 21.4. The Balaban J connectivity index is 1.85. The topological polar surface area (TPSA) is 73.8 Å². The lowest BCUT2D eigenvalue weighted by Crippen LogP contribution is -2.22. The van der Waals surface area contributed by atoms with Crippen LogP contribution in [-0.2, 0) is 5.75 Å². The van der Waals surface area contributed by atoms with Crippen LogP contribution in [0.5, 0.6) is 0 Å². The Labute approximate surface area is 183 Å². The molecule has 0 N–H and O–H groups in total. The summed E-state index contributed by atoms with van der Waals surface area (Å²) in [6.45, 7) is 8.05. The molecule has 0 aliphatic carbocycles. The summed E-state index contributed by atoms with van der Waals surface area (Å²) in [6.07, 6.45) is 0.